The second-order valence-electron chi connectivity index (χ2n) is 2.90. The molecule has 1 aliphatic rings. The second-order valence-corrected chi connectivity index (χ2v) is 3.33. The van der Waals surface area contributed by atoms with E-state index < -0.39 is 0 Å². The van der Waals surface area contributed by atoms with Crippen molar-refractivity contribution in [1.29, 1.82) is 0 Å². The number of nitrogens with zero attached hydrogens (tertiary/aromatic N) is 1. The van der Waals surface area contributed by atoms with Crippen LogP contribution in [0.3, 0.4) is 0 Å². The van der Waals surface area contributed by atoms with Crippen LogP contribution in [0.15, 0.2) is 17.1 Å². The lowest BCUT2D eigenvalue weighted by Gasteiger charge is -2.04. The van der Waals surface area contributed by atoms with Gasteiger partial charge in [-0.05, 0) is 11.6 Å². The number of rotatable bonds is 1. The maximum Gasteiger partial charge on any atom is 0.146 e. The number of fused-ring (bicyclic) bond motifs is 1. The number of ether oxygens (including phenoxy) is 1. The van der Waals surface area contributed by atoms with Crippen LogP contribution < -0.4 is 10.5 Å². The van der Waals surface area contributed by atoms with Crippen LogP contribution in [0.2, 0.25) is 5.02 Å². The number of methoxy groups -OCH3 is 1. The number of hydrogen-bond acceptors (Lipinski definition) is 3. The first-order valence-corrected chi connectivity index (χ1v) is 4.28. The van der Waals surface area contributed by atoms with E-state index in [0.29, 0.717) is 23.0 Å². The quantitative estimate of drug-likeness (QED) is 0.808. The molecular weight excluding hydrogens is 223 g/mol. The van der Waals surface area contributed by atoms with Crippen LogP contribution in [0.1, 0.15) is 5.56 Å². The highest BCUT2D eigenvalue weighted by molar-refractivity contribution is 6.31. The zero-order chi connectivity index (χ0) is 9.42. The Balaban J connectivity index is 0.000000980. The summed E-state index contributed by atoms with van der Waals surface area (Å²) in [6.45, 7) is 0. The third kappa shape index (κ3) is 1.79. The number of nitrogens with two attached hydrogens (primary N) is 1. The maximum atomic E-state index is 5.88. The summed E-state index contributed by atoms with van der Waals surface area (Å²) in [5.74, 6) is 1.29. The highest BCUT2D eigenvalue weighted by Gasteiger charge is 2.17. The van der Waals surface area contributed by atoms with Gasteiger partial charge in [-0.1, -0.05) is 11.6 Å². The predicted octanol–water partition coefficient (Wildman–Crippen LogP) is 2.32. The Hall–Kier alpha value is -0.930. The smallest absolute Gasteiger partial charge is 0.146 e. The van der Waals surface area contributed by atoms with E-state index >= 15 is 0 Å². The van der Waals surface area contributed by atoms with E-state index in [1.165, 1.54) is 0 Å². The third-order valence-corrected chi connectivity index (χ3v) is 2.18. The number of benzene rings is 1. The van der Waals surface area contributed by atoms with Crippen LogP contribution >= 0.6 is 24.0 Å². The van der Waals surface area contributed by atoms with Crippen LogP contribution in [-0.4, -0.2) is 12.9 Å². The van der Waals surface area contributed by atoms with Crippen molar-refractivity contribution in [2.24, 2.45) is 10.7 Å². The standard InChI is InChI=1S/C9H9ClN2O.ClH/c1-13-7-4-6(10)2-5-3-8(11)12-9(5)7;/h2,4H,3H2,1H3,(H2,11,12);1H. The molecule has 14 heavy (non-hydrogen) atoms. The summed E-state index contributed by atoms with van der Waals surface area (Å²) in [7, 11) is 1.59. The third-order valence-electron chi connectivity index (χ3n) is 1.97. The van der Waals surface area contributed by atoms with E-state index in [0.717, 1.165) is 11.3 Å². The number of halogens is 2. The van der Waals surface area contributed by atoms with Gasteiger partial charge in [-0.3, -0.25) is 0 Å². The Bertz CT molecular complexity index is 391. The molecule has 0 aliphatic carbocycles. The molecule has 3 nitrogen and oxygen atoms in total. The molecule has 0 aromatic heterocycles. The zero-order valence-corrected chi connectivity index (χ0v) is 9.15. The molecule has 0 spiro atoms. The molecule has 0 amide bonds. The average molecular weight is 233 g/mol. The molecule has 1 aromatic carbocycles. The molecule has 0 saturated heterocycles. The van der Waals surface area contributed by atoms with E-state index in [1.54, 1.807) is 13.2 Å². The van der Waals surface area contributed by atoms with Gasteiger partial charge in [0.1, 0.15) is 17.3 Å². The average Bonchev–Trinajstić information content (AvgIpc) is 2.43. The maximum absolute atomic E-state index is 5.88. The molecule has 2 rings (SSSR count). The SMILES string of the molecule is COc1cc(Cl)cc2c1N=C(N)C2.Cl. The van der Waals surface area contributed by atoms with Crippen LogP contribution in [0.25, 0.3) is 0 Å². The minimum absolute atomic E-state index is 0. The molecular formula is C9H10Cl2N2O. The summed E-state index contributed by atoms with van der Waals surface area (Å²) in [6, 6.07) is 3.60. The summed E-state index contributed by atoms with van der Waals surface area (Å²) < 4.78 is 5.14. The van der Waals surface area contributed by atoms with Crippen molar-refractivity contribution in [3.05, 3.63) is 22.7 Å². The second kappa shape index (κ2) is 4.07. The van der Waals surface area contributed by atoms with Gasteiger partial charge < -0.3 is 10.5 Å². The molecule has 0 radical (unpaired) electrons. The van der Waals surface area contributed by atoms with Crippen molar-refractivity contribution in [2.45, 2.75) is 6.42 Å². The van der Waals surface area contributed by atoms with Crippen molar-refractivity contribution in [1.82, 2.24) is 0 Å². The summed E-state index contributed by atoms with van der Waals surface area (Å²) in [5.41, 5.74) is 7.45. The van der Waals surface area contributed by atoms with Gasteiger partial charge in [0.25, 0.3) is 0 Å². The van der Waals surface area contributed by atoms with Gasteiger partial charge in [0.15, 0.2) is 0 Å². The summed E-state index contributed by atoms with van der Waals surface area (Å²) in [6.07, 6.45) is 0.659. The highest BCUT2D eigenvalue weighted by atomic mass is 35.5. The minimum Gasteiger partial charge on any atom is -0.494 e. The van der Waals surface area contributed by atoms with Gasteiger partial charge in [0.05, 0.1) is 7.11 Å². The summed E-state index contributed by atoms with van der Waals surface area (Å²) >= 11 is 5.88. The Morgan fingerprint density at radius 1 is 1.50 bits per heavy atom. The van der Waals surface area contributed by atoms with Crippen LogP contribution in [0.5, 0.6) is 5.75 Å². The van der Waals surface area contributed by atoms with Crippen molar-refractivity contribution in [3.8, 4) is 5.75 Å². The first-order valence-electron chi connectivity index (χ1n) is 3.90. The molecule has 0 saturated carbocycles. The molecule has 0 unspecified atom stereocenters. The number of aliphatic imine (C=N–C) groups is 1. The monoisotopic (exact) mass is 232 g/mol. The molecule has 1 heterocycles. The molecule has 2 N–H and O–H groups in total. The van der Waals surface area contributed by atoms with Crippen molar-refractivity contribution in [2.75, 3.05) is 7.11 Å². The highest BCUT2D eigenvalue weighted by Crippen LogP contribution is 2.38. The Kier molecular flexibility index (Phi) is 3.24. The van der Waals surface area contributed by atoms with Crippen molar-refractivity contribution in [3.63, 3.8) is 0 Å². The Labute approximate surface area is 93.3 Å². The van der Waals surface area contributed by atoms with Crippen molar-refractivity contribution < 1.29 is 4.74 Å². The van der Waals surface area contributed by atoms with Crippen LogP contribution in [0.4, 0.5) is 5.69 Å². The fourth-order valence-electron chi connectivity index (χ4n) is 1.42. The van der Waals surface area contributed by atoms with E-state index in [1.807, 2.05) is 6.07 Å². The van der Waals surface area contributed by atoms with Crippen LogP contribution in [-0.2, 0) is 6.42 Å². The van der Waals surface area contributed by atoms with Gasteiger partial charge in [0, 0.05) is 17.5 Å². The molecule has 76 valence electrons. The normalized spacial score (nSPS) is 12.9. The van der Waals surface area contributed by atoms with E-state index in [4.69, 9.17) is 22.1 Å². The van der Waals surface area contributed by atoms with E-state index in [9.17, 15) is 0 Å². The zero-order valence-electron chi connectivity index (χ0n) is 7.58. The van der Waals surface area contributed by atoms with Gasteiger partial charge in [-0.15, -0.1) is 12.4 Å². The number of hydrogen-bond donors (Lipinski definition) is 1. The molecule has 0 bridgehead atoms. The van der Waals surface area contributed by atoms with Crippen molar-refractivity contribution >= 4 is 35.5 Å². The fraction of sp³-hybridized carbons (Fsp3) is 0.222. The predicted molar refractivity (Wildman–Crippen MR) is 60.2 cm³/mol. The lowest BCUT2D eigenvalue weighted by Crippen LogP contribution is -2.09. The Morgan fingerprint density at radius 2 is 2.21 bits per heavy atom. The molecule has 1 aliphatic heterocycles. The molecule has 5 heteroatoms. The molecule has 0 atom stereocenters. The fourth-order valence-corrected chi connectivity index (χ4v) is 1.65. The summed E-state index contributed by atoms with van der Waals surface area (Å²) in [5, 5.41) is 0.653. The minimum atomic E-state index is 0. The number of amidine groups is 1. The Morgan fingerprint density at radius 3 is 2.86 bits per heavy atom. The lowest BCUT2D eigenvalue weighted by atomic mass is 10.1. The van der Waals surface area contributed by atoms with Gasteiger partial charge in [-0.25, -0.2) is 4.99 Å². The molecule has 0 fully saturated rings. The van der Waals surface area contributed by atoms with E-state index in [-0.39, 0.29) is 12.4 Å². The van der Waals surface area contributed by atoms with Gasteiger partial charge in [0.2, 0.25) is 0 Å². The van der Waals surface area contributed by atoms with Crippen LogP contribution in [0, 0.1) is 0 Å². The van der Waals surface area contributed by atoms with Gasteiger partial charge >= 0.3 is 0 Å². The first kappa shape index (κ1) is 11.1. The lowest BCUT2D eigenvalue weighted by molar-refractivity contribution is 0.416. The van der Waals surface area contributed by atoms with E-state index in [2.05, 4.69) is 4.99 Å². The summed E-state index contributed by atoms with van der Waals surface area (Å²) in [4.78, 5) is 4.17. The topological polar surface area (TPSA) is 47.6 Å². The van der Waals surface area contributed by atoms with Gasteiger partial charge in [-0.2, -0.15) is 0 Å². The molecule has 1 aromatic rings. The first-order chi connectivity index (χ1) is 6.20. The largest absolute Gasteiger partial charge is 0.494 e.